The Hall–Kier alpha value is -2.47. The van der Waals surface area contributed by atoms with Gasteiger partial charge in [-0.05, 0) is 29.1 Å². The highest BCUT2D eigenvalue weighted by Gasteiger charge is 2.13. The van der Waals surface area contributed by atoms with Crippen molar-refractivity contribution in [3.8, 4) is 11.3 Å². The van der Waals surface area contributed by atoms with Crippen molar-refractivity contribution in [1.82, 2.24) is 20.3 Å². The summed E-state index contributed by atoms with van der Waals surface area (Å²) in [5.41, 5.74) is 4.06. The third-order valence-electron chi connectivity index (χ3n) is 4.18. The van der Waals surface area contributed by atoms with Gasteiger partial charge in [0.2, 0.25) is 0 Å². The fraction of sp³-hybridized carbons (Fsp3) is 0.143. The average molecular weight is 395 g/mol. The summed E-state index contributed by atoms with van der Waals surface area (Å²) in [6, 6.07) is 22.2. The topological polar surface area (TPSA) is 42.7 Å². The summed E-state index contributed by atoms with van der Waals surface area (Å²) in [5, 5.41) is 15.8. The second-order valence-electron chi connectivity index (χ2n) is 6.20. The quantitative estimate of drug-likeness (QED) is 0.479. The van der Waals surface area contributed by atoms with Crippen molar-refractivity contribution < 1.29 is 0 Å². The predicted octanol–water partition coefficient (Wildman–Crippen LogP) is 5.00. The highest BCUT2D eigenvalue weighted by Crippen LogP contribution is 2.21. The van der Waals surface area contributed by atoms with Gasteiger partial charge in [-0.15, -0.1) is 11.3 Å². The van der Waals surface area contributed by atoms with E-state index in [-0.39, 0.29) is 0 Å². The second-order valence-corrected chi connectivity index (χ2v) is 7.67. The second kappa shape index (κ2) is 8.48. The first-order valence-electron chi connectivity index (χ1n) is 8.75. The van der Waals surface area contributed by atoms with Gasteiger partial charge in [0.15, 0.2) is 0 Å². The summed E-state index contributed by atoms with van der Waals surface area (Å²) in [6.07, 6.45) is 0. The molecule has 0 unspecified atom stereocenters. The predicted molar refractivity (Wildman–Crippen MR) is 111 cm³/mol. The number of rotatable bonds is 7. The molecule has 4 aromatic rings. The summed E-state index contributed by atoms with van der Waals surface area (Å²) in [5.74, 6) is 0. The molecule has 2 aromatic heterocycles. The summed E-state index contributed by atoms with van der Waals surface area (Å²) in [7, 11) is 0. The lowest BCUT2D eigenvalue weighted by molar-refractivity contribution is 0.577. The van der Waals surface area contributed by atoms with Gasteiger partial charge in [-0.3, -0.25) is 0 Å². The number of nitrogens with zero attached hydrogens (tertiary/aromatic N) is 3. The van der Waals surface area contributed by atoms with Crippen LogP contribution >= 0.6 is 22.9 Å². The molecule has 0 aliphatic rings. The van der Waals surface area contributed by atoms with Crippen LogP contribution in [0.3, 0.4) is 0 Å². The molecule has 0 saturated heterocycles. The van der Waals surface area contributed by atoms with E-state index in [1.165, 1.54) is 4.88 Å². The molecule has 0 bridgehead atoms. The van der Waals surface area contributed by atoms with Gasteiger partial charge in [0.25, 0.3) is 0 Å². The van der Waals surface area contributed by atoms with Crippen LogP contribution in [-0.4, -0.2) is 15.0 Å². The largest absolute Gasteiger partial charge is 0.306 e. The number of hydrogen-bond donors (Lipinski definition) is 1. The van der Waals surface area contributed by atoms with E-state index in [0.717, 1.165) is 34.1 Å². The summed E-state index contributed by atoms with van der Waals surface area (Å²) >= 11 is 7.73. The van der Waals surface area contributed by atoms with Crippen molar-refractivity contribution in [3.63, 3.8) is 0 Å². The van der Waals surface area contributed by atoms with E-state index in [4.69, 9.17) is 21.8 Å². The number of nitrogens with one attached hydrogen (secondary N) is 1. The van der Waals surface area contributed by atoms with Gasteiger partial charge in [0.1, 0.15) is 11.4 Å². The van der Waals surface area contributed by atoms with Crippen molar-refractivity contribution in [3.05, 3.63) is 93.3 Å². The van der Waals surface area contributed by atoms with Crippen molar-refractivity contribution in [1.29, 1.82) is 0 Å². The molecule has 0 aliphatic carbocycles. The Kier molecular flexibility index (Phi) is 5.63. The number of benzene rings is 2. The molecule has 2 heterocycles. The van der Waals surface area contributed by atoms with Crippen molar-refractivity contribution in [2.45, 2.75) is 19.6 Å². The minimum absolute atomic E-state index is 0.613. The van der Waals surface area contributed by atoms with Gasteiger partial charge in [-0.1, -0.05) is 60.1 Å². The summed E-state index contributed by atoms with van der Waals surface area (Å²) in [4.78, 5) is 3.07. The van der Waals surface area contributed by atoms with E-state index >= 15 is 0 Å². The Morgan fingerprint density at radius 1 is 0.889 bits per heavy atom. The molecule has 27 heavy (non-hydrogen) atoms. The molecule has 136 valence electrons. The molecule has 0 aliphatic heterocycles. The van der Waals surface area contributed by atoms with Crippen LogP contribution in [0.2, 0.25) is 5.02 Å². The molecule has 0 fully saturated rings. The number of hydrogen-bond acceptors (Lipinski definition) is 4. The van der Waals surface area contributed by atoms with E-state index in [9.17, 15) is 0 Å². The van der Waals surface area contributed by atoms with E-state index in [1.807, 2.05) is 42.5 Å². The lowest BCUT2D eigenvalue weighted by atomic mass is 10.1. The Balaban J connectivity index is 1.55. The first kappa shape index (κ1) is 17.9. The molecule has 1 N–H and O–H groups in total. The normalized spacial score (nSPS) is 11.0. The van der Waals surface area contributed by atoms with E-state index in [1.54, 1.807) is 16.1 Å². The van der Waals surface area contributed by atoms with Crippen LogP contribution < -0.4 is 5.32 Å². The first-order valence-corrected chi connectivity index (χ1v) is 10.0. The van der Waals surface area contributed by atoms with Crippen molar-refractivity contribution in [2.75, 3.05) is 0 Å². The van der Waals surface area contributed by atoms with Crippen LogP contribution in [0.1, 0.15) is 16.1 Å². The molecule has 4 rings (SSSR count). The molecule has 2 aromatic carbocycles. The molecule has 0 atom stereocenters. The SMILES string of the molecule is Clc1ccc(Cn2nc(CNCc3cccs3)c(-c3ccccc3)n2)cc1. The third kappa shape index (κ3) is 4.63. The maximum absolute atomic E-state index is 5.98. The number of halogens is 1. The molecule has 0 amide bonds. The Morgan fingerprint density at radius 2 is 1.70 bits per heavy atom. The maximum Gasteiger partial charge on any atom is 0.117 e. The monoisotopic (exact) mass is 394 g/mol. The van der Waals surface area contributed by atoms with Gasteiger partial charge < -0.3 is 5.32 Å². The molecule has 0 spiro atoms. The fourth-order valence-corrected chi connectivity index (χ4v) is 3.66. The Bertz CT molecular complexity index is 979. The van der Waals surface area contributed by atoms with Gasteiger partial charge in [-0.25, -0.2) is 0 Å². The smallest absolute Gasteiger partial charge is 0.117 e. The molecular formula is C21H19ClN4S. The Morgan fingerprint density at radius 3 is 2.44 bits per heavy atom. The zero-order valence-electron chi connectivity index (χ0n) is 14.7. The molecule has 4 nitrogen and oxygen atoms in total. The highest BCUT2D eigenvalue weighted by molar-refractivity contribution is 7.09. The van der Waals surface area contributed by atoms with Gasteiger partial charge in [-0.2, -0.15) is 15.0 Å². The molecule has 6 heteroatoms. The average Bonchev–Trinajstić information content (AvgIpc) is 3.35. The van der Waals surface area contributed by atoms with E-state index in [2.05, 4.69) is 35.0 Å². The van der Waals surface area contributed by atoms with Gasteiger partial charge in [0, 0.05) is 28.6 Å². The van der Waals surface area contributed by atoms with Crippen LogP contribution in [-0.2, 0) is 19.6 Å². The third-order valence-corrected chi connectivity index (χ3v) is 5.31. The van der Waals surface area contributed by atoms with Crippen LogP contribution in [0.15, 0.2) is 72.1 Å². The zero-order chi connectivity index (χ0) is 18.5. The van der Waals surface area contributed by atoms with Gasteiger partial charge in [0.05, 0.1) is 6.54 Å². The van der Waals surface area contributed by atoms with E-state index < -0.39 is 0 Å². The highest BCUT2D eigenvalue weighted by atomic mass is 35.5. The molecule has 0 radical (unpaired) electrons. The minimum atomic E-state index is 0.613. The molecule has 0 saturated carbocycles. The maximum atomic E-state index is 5.98. The van der Waals surface area contributed by atoms with E-state index in [0.29, 0.717) is 13.1 Å². The lowest BCUT2D eigenvalue weighted by Crippen LogP contribution is -2.13. The first-order chi connectivity index (χ1) is 13.3. The van der Waals surface area contributed by atoms with Crippen LogP contribution in [0.5, 0.6) is 0 Å². The molecular weight excluding hydrogens is 376 g/mol. The number of thiophene rings is 1. The lowest BCUT2D eigenvalue weighted by Gasteiger charge is -2.02. The Labute approximate surface area is 167 Å². The van der Waals surface area contributed by atoms with Gasteiger partial charge >= 0.3 is 0 Å². The van der Waals surface area contributed by atoms with Crippen LogP contribution in [0.25, 0.3) is 11.3 Å². The summed E-state index contributed by atoms with van der Waals surface area (Å²) in [6.45, 7) is 2.11. The summed E-state index contributed by atoms with van der Waals surface area (Å²) < 4.78 is 0. The van der Waals surface area contributed by atoms with Crippen molar-refractivity contribution in [2.24, 2.45) is 0 Å². The van der Waals surface area contributed by atoms with Crippen LogP contribution in [0, 0.1) is 0 Å². The number of aromatic nitrogens is 3. The van der Waals surface area contributed by atoms with Crippen LogP contribution in [0.4, 0.5) is 0 Å². The minimum Gasteiger partial charge on any atom is -0.306 e. The fourth-order valence-electron chi connectivity index (χ4n) is 2.86. The van der Waals surface area contributed by atoms with Crippen molar-refractivity contribution >= 4 is 22.9 Å². The zero-order valence-corrected chi connectivity index (χ0v) is 16.2. The standard InChI is InChI=1S/C21H19ClN4S/c22-18-10-8-16(9-11-18)15-26-24-20(14-23-13-19-7-4-12-27-19)21(25-26)17-5-2-1-3-6-17/h1-12,23H,13-15H2.